The summed E-state index contributed by atoms with van der Waals surface area (Å²) in [6.45, 7) is 8.64. The van der Waals surface area contributed by atoms with Crippen molar-refractivity contribution in [1.82, 2.24) is 4.98 Å². The third kappa shape index (κ3) is 2.25. The summed E-state index contributed by atoms with van der Waals surface area (Å²) in [4.78, 5) is 6.93. The van der Waals surface area contributed by atoms with Gasteiger partial charge in [-0.1, -0.05) is 18.2 Å². The molecule has 0 saturated carbocycles. The molecule has 0 aliphatic carbocycles. The summed E-state index contributed by atoms with van der Waals surface area (Å²) in [5, 5.41) is 0. The predicted molar refractivity (Wildman–Crippen MR) is 67.5 cm³/mol. The third-order valence-corrected chi connectivity index (χ3v) is 3.09. The molecule has 2 heterocycles. The molecule has 2 rings (SSSR count). The van der Waals surface area contributed by atoms with Crippen LogP contribution in [-0.2, 0) is 6.54 Å². The Morgan fingerprint density at radius 2 is 2.06 bits per heavy atom. The van der Waals surface area contributed by atoms with Gasteiger partial charge in [-0.2, -0.15) is 0 Å². The second kappa shape index (κ2) is 4.66. The van der Waals surface area contributed by atoms with Crippen molar-refractivity contribution in [2.75, 3.05) is 18.0 Å². The van der Waals surface area contributed by atoms with Crippen LogP contribution in [0.25, 0.3) is 0 Å². The normalized spacial score (nSPS) is 16.6. The Morgan fingerprint density at radius 1 is 1.38 bits per heavy atom. The highest BCUT2D eigenvalue weighted by Gasteiger charge is 2.16. The summed E-state index contributed by atoms with van der Waals surface area (Å²) < 4.78 is 0. The smallest absolute Gasteiger partial charge is 0.133 e. The zero-order valence-electron chi connectivity index (χ0n) is 9.87. The lowest BCUT2D eigenvalue weighted by Gasteiger charge is -2.30. The molecule has 3 heteroatoms. The Hall–Kier alpha value is -1.35. The van der Waals surface area contributed by atoms with Crippen molar-refractivity contribution < 1.29 is 0 Å². The first-order chi connectivity index (χ1) is 7.70. The Bertz CT molecular complexity index is 388. The molecular weight excluding hydrogens is 198 g/mol. The second-order valence-electron chi connectivity index (χ2n) is 4.38. The van der Waals surface area contributed by atoms with Gasteiger partial charge in [0, 0.05) is 30.9 Å². The van der Waals surface area contributed by atoms with Crippen molar-refractivity contribution >= 4 is 5.82 Å². The van der Waals surface area contributed by atoms with Crippen molar-refractivity contribution in [3.05, 3.63) is 35.5 Å². The van der Waals surface area contributed by atoms with E-state index in [0.717, 1.165) is 43.0 Å². The molecule has 0 unspecified atom stereocenters. The number of rotatable bonds is 2. The van der Waals surface area contributed by atoms with Crippen LogP contribution < -0.4 is 10.6 Å². The first-order valence-electron chi connectivity index (χ1n) is 5.79. The fraction of sp³-hybridized carbons (Fsp3) is 0.462. The molecular formula is C13H19N3. The average Bonchev–Trinajstić information content (AvgIpc) is 2.30. The van der Waals surface area contributed by atoms with Crippen molar-refractivity contribution in [2.45, 2.75) is 26.3 Å². The minimum absolute atomic E-state index is 0.556. The van der Waals surface area contributed by atoms with Crippen molar-refractivity contribution in [1.29, 1.82) is 0 Å². The molecule has 0 amide bonds. The van der Waals surface area contributed by atoms with E-state index in [1.165, 1.54) is 5.57 Å². The summed E-state index contributed by atoms with van der Waals surface area (Å²) in [6, 6.07) is 4.11. The molecule has 86 valence electrons. The van der Waals surface area contributed by atoms with E-state index in [9.17, 15) is 0 Å². The maximum Gasteiger partial charge on any atom is 0.133 e. The quantitative estimate of drug-likeness (QED) is 0.770. The van der Waals surface area contributed by atoms with E-state index >= 15 is 0 Å². The molecule has 16 heavy (non-hydrogen) atoms. The molecule has 0 radical (unpaired) electrons. The Morgan fingerprint density at radius 3 is 2.69 bits per heavy atom. The van der Waals surface area contributed by atoms with E-state index in [1.54, 1.807) is 0 Å². The molecule has 0 atom stereocenters. The molecule has 0 spiro atoms. The van der Waals surface area contributed by atoms with Gasteiger partial charge in [-0.25, -0.2) is 4.98 Å². The van der Waals surface area contributed by atoms with Crippen LogP contribution in [0.5, 0.6) is 0 Å². The van der Waals surface area contributed by atoms with Gasteiger partial charge in [0.25, 0.3) is 0 Å². The maximum absolute atomic E-state index is 5.75. The lowest BCUT2D eigenvalue weighted by atomic mass is 10.1. The Kier molecular flexibility index (Phi) is 3.25. The van der Waals surface area contributed by atoms with E-state index in [1.807, 2.05) is 13.0 Å². The molecule has 1 aliphatic rings. The summed E-state index contributed by atoms with van der Waals surface area (Å²) in [5.41, 5.74) is 9.29. The lowest BCUT2D eigenvalue weighted by molar-refractivity contribution is 0.674. The fourth-order valence-corrected chi connectivity index (χ4v) is 2.04. The topological polar surface area (TPSA) is 42.2 Å². The number of nitrogens with two attached hydrogens (primary N) is 1. The molecule has 2 N–H and O–H groups in total. The van der Waals surface area contributed by atoms with E-state index in [0.29, 0.717) is 6.54 Å². The zero-order valence-corrected chi connectivity index (χ0v) is 9.87. The third-order valence-electron chi connectivity index (χ3n) is 3.09. The van der Waals surface area contributed by atoms with Gasteiger partial charge in [0.05, 0.1) is 0 Å². The van der Waals surface area contributed by atoms with Crippen LogP contribution in [0.15, 0.2) is 24.3 Å². The van der Waals surface area contributed by atoms with Gasteiger partial charge in [0.1, 0.15) is 5.82 Å². The average molecular weight is 217 g/mol. The van der Waals surface area contributed by atoms with Crippen molar-refractivity contribution in [2.24, 2.45) is 5.73 Å². The van der Waals surface area contributed by atoms with Crippen molar-refractivity contribution in [3.63, 3.8) is 0 Å². The number of piperidine rings is 1. The first-order valence-corrected chi connectivity index (χ1v) is 5.79. The van der Waals surface area contributed by atoms with Gasteiger partial charge in [0.15, 0.2) is 0 Å². The summed E-state index contributed by atoms with van der Waals surface area (Å²) >= 11 is 0. The van der Waals surface area contributed by atoms with E-state index in [2.05, 4.69) is 22.5 Å². The molecule has 0 aromatic carbocycles. The molecule has 3 nitrogen and oxygen atoms in total. The van der Waals surface area contributed by atoms with Gasteiger partial charge in [-0.3, -0.25) is 0 Å². The van der Waals surface area contributed by atoms with Crippen LogP contribution >= 0.6 is 0 Å². The summed E-state index contributed by atoms with van der Waals surface area (Å²) in [5.74, 6) is 1.06. The van der Waals surface area contributed by atoms with Crippen LogP contribution in [0.4, 0.5) is 5.82 Å². The highest BCUT2D eigenvalue weighted by Crippen LogP contribution is 2.23. The molecule has 0 bridgehead atoms. The summed E-state index contributed by atoms with van der Waals surface area (Å²) in [6.07, 6.45) is 2.14. The molecule has 1 aliphatic heterocycles. The van der Waals surface area contributed by atoms with Crippen LogP contribution in [0, 0.1) is 6.92 Å². The van der Waals surface area contributed by atoms with E-state index < -0.39 is 0 Å². The fourth-order valence-electron chi connectivity index (χ4n) is 2.04. The predicted octanol–water partition coefficient (Wildman–Crippen LogP) is 2.01. The van der Waals surface area contributed by atoms with Crippen LogP contribution in [0.3, 0.4) is 0 Å². The number of nitrogens with zero attached hydrogens (tertiary/aromatic N) is 2. The minimum atomic E-state index is 0.556. The summed E-state index contributed by atoms with van der Waals surface area (Å²) in [7, 11) is 0. The van der Waals surface area contributed by atoms with E-state index in [-0.39, 0.29) is 0 Å². The first kappa shape index (κ1) is 11.1. The van der Waals surface area contributed by atoms with Gasteiger partial charge in [0.2, 0.25) is 0 Å². The molecule has 1 saturated heterocycles. The highest BCUT2D eigenvalue weighted by atomic mass is 15.2. The highest BCUT2D eigenvalue weighted by molar-refractivity contribution is 5.48. The largest absolute Gasteiger partial charge is 0.356 e. The van der Waals surface area contributed by atoms with Gasteiger partial charge < -0.3 is 10.6 Å². The molecule has 1 aromatic heterocycles. The SMILES string of the molecule is C=C1CCN(c2nc(C)ccc2CN)CC1. The second-order valence-corrected chi connectivity index (χ2v) is 4.38. The Balaban J connectivity index is 2.24. The number of pyridine rings is 1. The zero-order chi connectivity index (χ0) is 11.5. The van der Waals surface area contributed by atoms with Crippen molar-refractivity contribution in [3.8, 4) is 0 Å². The number of anilines is 1. The van der Waals surface area contributed by atoms with Gasteiger partial charge >= 0.3 is 0 Å². The Labute approximate surface area is 97.0 Å². The number of aromatic nitrogens is 1. The van der Waals surface area contributed by atoms with Gasteiger partial charge in [-0.15, -0.1) is 0 Å². The monoisotopic (exact) mass is 217 g/mol. The van der Waals surface area contributed by atoms with Crippen LogP contribution in [-0.4, -0.2) is 18.1 Å². The lowest BCUT2D eigenvalue weighted by Crippen LogP contribution is -2.32. The van der Waals surface area contributed by atoms with Gasteiger partial charge in [-0.05, 0) is 25.8 Å². The van der Waals surface area contributed by atoms with Crippen LogP contribution in [0.2, 0.25) is 0 Å². The minimum Gasteiger partial charge on any atom is -0.356 e. The maximum atomic E-state index is 5.75. The van der Waals surface area contributed by atoms with E-state index in [4.69, 9.17) is 5.73 Å². The standard InChI is InChI=1S/C13H19N3/c1-10-5-7-16(8-6-10)13-12(9-14)4-3-11(2)15-13/h3-4H,1,5-9,14H2,2H3. The van der Waals surface area contributed by atoms with Crippen LogP contribution in [0.1, 0.15) is 24.1 Å². The number of aryl methyl sites for hydroxylation is 1. The number of hydrogen-bond acceptors (Lipinski definition) is 3. The molecule has 1 fully saturated rings. The molecule has 1 aromatic rings. The number of hydrogen-bond donors (Lipinski definition) is 1.